The van der Waals surface area contributed by atoms with Crippen molar-refractivity contribution in [1.82, 2.24) is 10.0 Å². The van der Waals surface area contributed by atoms with E-state index < -0.39 is 10.0 Å². The largest absolute Gasteiger partial charge is 0.465 e. The van der Waals surface area contributed by atoms with E-state index in [9.17, 15) is 8.42 Å². The molecule has 0 aliphatic carbocycles. The number of hydrogen-bond donors (Lipinski definition) is 2. The second-order valence-electron chi connectivity index (χ2n) is 5.74. The summed E-state index contributed by atoms with van der Waals surface area (Å²) in [6.45, 7) is 8.09. The molecule has 0 aromatic carbocycles. The van der Waals surface area contributed by atoms with Crippen LogP contribution in [0.2, 0.25) is 0 Å². The van der Waals surface area contributed by atoms with Gasteiger partial charge in [0.1, 0.15) is 16.4 Å². The van der Waals surface area contributed by atoms with Crippen LogP contribution in [0.15, 0.2) is 9.31 Å². The van der Waals surface area contributed by atoms with Crippen molar-refractivity contribution in [2.75, 3.05) is 11.5 Å². The molecule has 1 saturated heterocycles. The van der Waals surface area contributed by atoms with Crippen LogP contribution in [0.1, 0.15) is 37.4 Å². The zero-order valence-corrected chi connectivity index (χ0v) is 14.7. The molecule has 1 aliphatic rings. The van der Waals surface area contributed by atoms with E-state index in [1.807, 2.05) is 20.8 Å². The molecule has 0 saturated carbocycles. The summed E-state index contributed by atoms with van der Waals surface area (Å²) in [6, 6.07) is 0.315. The molecule has 120 valence electrons. The van der Waals surface area contributed by atoms with Gasteiger partial charge in [0.05, 0.1) is 0 Å². The third-order valence-electron chi connectivity index (χ3n) is 3.53. The van der Waals surface area contributed by atoms with Crippen molar-refractivity contribution < 1.29 is 12.8 Å². The van der Waals surface area contributed by atoms with E-state index in [0.29, 0.717) is 23.0 Å². The Morgan fingerprint density at radius 2 is 2.05 bits per heavy atom. The Bertz CT molecular complexity index is 588. The van der Waals surface area contributed by atoms with Crippen molar-refractivity contribution in [3.8, 4) is 0 Å². The van der Waals surface area contributed by atoms with Gasteiger partial charge in [-0.3, -0.25) is 0 Å². The normalized spacial score (nSPS) is 19.6. The molecule has 7 heteroatoms. The summed E-state index contributed by atoms with van der Waals surface area (Å²) in [6.07, 6.45) is 0.888. The molecule has 1 unspecified atom stereocenters. The van der Waals surface area contributed by atoms with Gasteiger partial charge in [-0.05, 0) is 26.0 Å². The Kier molecular flexibility index (Phi) is 5.40. The van der Waals surface area contributed by atoms with Crippen LogP contribution in [0.5, 0.6) is 0 Å². The van der Waals surface area contributed by atoms with Gasteiger partial charge in [0.25, 0.3) is 0 Å². The Labute approximate surface area is 131 Å². The summed E-state index contributed by atoms with van der Waals surface area (Å²) in [4.78, 5) is 0.310. The molecule has 1 aliphatic heterocycles. The van der Waals surface area contributed by atoms with Gasteiger partial charge in [-0.1, -0.05) is 13.8 Å². The van der Waals surface area contributed by atoms with Gasteiger partial charge >= 0.3 is 0 Å². The molecule has 0 bridgehead atoms. The molecule has 2 rings (SSSR count). The Hall–Kier alpha value is -0.500. The van der Waals surface area contributed by atoms with E-state index in [4.69, 9.17) is 4.42 Å². The number of rotatable bonds is 6. The first-order valence-corrected chi connectivity index (χ1v) is 9.87. The predicted octanol–water partition coefficient (Wildman–Crippen LogP) is 2.18. The smallest absolute Gasteiger partial charge is 0.244 e. The number of sulfonamides is 1. The molecule has 2 heterocycles. The van der Waals surface area contributed by atoms with Gasteiger partial charge < -0.3 is 9.73 Å². The molecule has 1 fully saturated rings. The fraction of sp³-hybridized carbons (Fsp3) is 0.714. The molecule has 1 aromatic rings. The first-order chi connectivity index (χ1) is 9.81. The maximum Gasteiger partial charge on any atom is 0.244 e. The van der Waals surface area contributed by atoms with Crippen molar-refractivity contribution in [2.24, 2.45) is 0 Å². The molecule has 2 N–H and O–H groups in total. The zero-order chi connectivity index (χ0) is 15.6. The standard InChI is InChI=1S/C14H24N2O3S2/c1-9(2)15-7-13-10(3)19-11(4)14(13)21(17,18)16-12-5-6-20-8-12/h9,12,15-16H,5-8H2,1-4H3. The zero-order valence-electron chi connectivity index (χ0n) is 13.0. The first-order valence-electron chi connectivity index (χ1n) is 7.23. The van der Waals surface area contributed by atoms with Gasteiger partial charge in [0.2, 0.25) is 10.0 Å². The molecule has 5 nitrogen and oxygen atoms in total. The molecule has 1 aromatic heterocycles. The van der Waals surface area contributed by atoms with Gasteiger partial charge in [-0.15, -0.1) is 0 Å². The minimum Gasteiger partial charge on any atom is -0.465 e. The third-order valence-corrected chi connectivity index (χ3v) is 6.41. The molecule has 21 heavy (non-hydrogen) atoms. The maximum absolute atomic E-state index is 12.7. The quantitative estimate of drug-likeness (QED) is 0.835. The van der Waals surface area contributed by atoms with Crippen LogP contribution < -0.4 is 10.0 Å². The highest BCUT2D eigenvalue weighted by atomic mass is 32.2. The minimum atomic E-state index is -3.53. The van der Waals surface area contributed by atoms with E-state index in [0.717, 1.165) is 23.5 Å². The van der Waals surface area contributed by atoms with Gasteiger partial charge in [-0.25, -0.2) is 13.1 Å². The van der Waals surface area contributed by atoms with Crippen molar-refractivity contribution in [3.05, 3.63) is 17.1 Å². The van der Waals surface area contributed by atoms with E-state index in [-0.39, 0.29) is 12.1 Å². The summed E-state index contributed by atoms with van der Waals surface area (Å²) in [5.41, 5.74) is 0.736. The van der Waals surface area contributed by atoms with E-state index in [1.165, 1.54) is 0 Å². The Balaban J connectivity index is 2.28. The summed E-state index contributed by atoms with van der Waals surface area (Å²) in [7, 11) is -3.53. The lowest BCUT2D eigenvalue weighted by atomic mass is 10.2. The third kappa shape index (κ3) is 4.03. The molecule has 1 atom stereocenters. The van der Waals surface area contributed by atoms with Crippen LogP contribution in [0.4, 0.5) is 0 Å². The van der Waals surface area contributed by atoms with Crippen molar-refractivity contribution in [2.45, 2.75) is 57.6 Å². The van der Waals surface area contributed by atoms with Crippen LogP contribution in [-0.4, -0.2) is 32.0 Å². The van der Waals surface area contributed by atoms with Gasteiger partial charge in [0.15, 0.2) is 0 Å². The monoisotopic (exact) mass is 332 g/mol. The maximum atomic E-state index is 12.7. The van der Waals surface area contributed by atoms with E-state index >= 15 is 0 Å². The molecular formula is C14H24N2O3S2. The highest BCUT2D eigenvalue weighted by Gasteiger charge is 2.30. The molecule has 0 spiro atoms. The van der Waals surface area contributed by atoms with Crippen molar-refractivity contribution in [3.63, 3.8) is 0 Å². The van der Waals surface area contributed by atoms with Crippen LogP contribution in [0.25, 0.3) is 0 Å². The van der Waals surface area contributed by atoms with Crippen LogP contribution in [0, 0.1) is 13.8 Å². The first kappa shape index (κ1) is 16.9. The van der Waals surface area contributed by atoms with Crippen LogP contribution >= 0.6 is 11.8 Å². The average molecular weight is 332 g/mol. The number of furan rings is 1. The summed E-state index contributed by atoms with van der Waals surface area (Å²) < 4.78 is 33.7. The highest BCUT2D eigenvalue weighted by molar-refractivity contribution is 7.99. The number of nitrogens with one attached hydrogen (secondary N) is 2. The van der Waals surface area contributed by atoms with E-state index in [2.05, 4.69) is 10.0 Å². The van der Waals surface area contributed by atoms with Gasteiger partial charge in [0, 0.05) is 29.9 Å². The molecule has 0 amide bonds. The van der Waals surface area contributed by atoms with Crippen molar-refractivity contribution >= 4 is 21.8 Å². The summed E-state index contributed by atoms with van der Waals surface area (Å²) >= 11 is 1.78. The predicted molar refractivity (Wildman–Crippen MR) is 86.2 cm³/mol. The number of thioether (sulfide) groups is 1. The number of aryl methyl sites for hydroxylation is 2. The summed E-state index contributed by atoms with van der Waals surface area (Å²) in [5, 5.41) is 3.27. The lowest BCUT2D eigenvalue weighted by Crippen LogP contribution is -2.35. The van der Waals surface area contributed by atoms with E-state index in [1.54, 1.807) is 18.7 Å². The minimum absolute atomic E-state index is 0.0283. The summed E-state index contributed by atoms with van der Waals surface area (Å²) in [5.74, 6) is 2.99. The highest BCUT2D eigenvalue weighted by Crippen LogP contribution is 2.28. The van der Waals surface area contributed by atoms with Crippen LogP contribution in [-0.2, 0) is 16.6 Å². The van der Waals surface area contributed by atoms with Crippen LogP contribution in [0.3, 0.4) is 0 Å². The second kappa shape index (κ2) is 6.73. The van der Waals surface area contributed by atoms with Crippen molar-refractivity contribution in [1.29, 1.82) is 0 Å². The van der Waals surface area contributed by atoms with Gasteiger partial charge in [-0.2, -0.15) is 11.8 Å². The second-order valence-corrected chi connectivity index (χ2v) is 8.54. The average Bonchev–Trinajstić information content (AvgIpc) is 2.94. The Morgan fingerprint density at radius 3 is 2.62 bits per heavy atom. The lowest BCUT2D eigenvalue weighted by Gasteiger charge is -2.14. The molecule has 0 radical (unpaired) electrons. The SMILES string of the molecule is Cc1oc(C)c(S(=O)(=O)NC2CCSC2)c1CNC(C)C. The Morgan fingerprint density at radius 1 is 1.33 bits per heavy atom. The fourth-order valence-corrected chi connectivity index (χ4v) is 5.45. The lowest BCUT2D eigenvalue weighted by molar-refractivity contribution is 0.491. The topological polar surface area (TPSA) is 71.3 Å². The fourth-order valence-electron chi connectivity index (χ4n) is 2.48. The number of hydrogen-bond acceptors (Lipinski definition) is 5. The molecular weight excluding hydrogens is 308 g/mol.